The van der Waals surface area contributed by atoms with Gasteiger partial charge in [-0.3, -0.25) is 14.9 Å². The maximum absolute atomic E-state index is 13.7. The third-order valence-electron chi connectivity index (χ3n) is 5.36. The Bertz CT molecular complexity index is 1450. The lowest BCUT2D eigenvalue weighted by Crippen LogP contribution is -2.16. The fraction of sp³-hybridized carbons (Fsp3) is 0.154. The SMILES string of the molecule is COc1cccc(C(=O)Nc2oc3ccc(Cl)cc3c(=O)c2-c2cc(OC)c(OC)c(OC)c2)c1. The molecule has 9 heteroatoms. The van der Waals surface area contributed by atoms with Gasteiger partial charge in [0.1, 0.15) is 11.3 Å². The van der Waals surface area contributed by atoms with Gasteiger partial charge < -0.3 is 23.4 Å². The van der Waals surface area contributed by atoms with Gasteiger partial charge in [-0.1, -0.05) is 17.7 Å². The van der Waals surface area contributed by atoms with Crippen molar-refractivity contribution in [2.24, 2.45) is 0 Å². The van der Waals surface area contributed by atoms with Crippen LogP contribution in [0.5, 0.6) is 23.0 Å². The second-order valence-corrected chi connectivity index (χ2v) is 7.81. The molecule has 0 spiro atoms. The van der Waals surface area contributed by atoms with Crippen molar-refractivity contribution >= 4 is 34.4 Å². The summed E-state index contributed by atoms with van der Waals surface area (Å²) in [6, 6.07) is 14.5. The molecule has 0 atom stereocenters. The molecule has 1 aromatic heterocycles. The maximum Gasteiger partial charge on any atom is 0.258 e. The van der Waals surface area contributed by atoms with E-state index in [-0.39, 0.29) is 22.4 Å². The Hall–Kier alpha value is -4.17. The van der Waals surface area contributed by atoms with E-state index in [1.165, 1.54) is 34.5 Å². The number of amides is 1. The summed E-state index contributed by atoms with van der Waals surface area (Å²) >= 11 is 6.14. The average molecular weight is 496 g/mol. The van der Waals surface area contributed by atoms with Gasteiger partial charge in [0.05, 0.1) is 39.4 Å². The number of anilines is 1. The number of rotatable bonds is 7. The van der Waals surface area contributed by atoms with Crippen molar-refractivity contribution in [1.29, 1.82) is 0 Å². The number of hydrogen-bond acceptors (Lipinski definition) is 7. The molecule has 0 radical (unpaired) electrons. The van der Waals surface area contributed by atoms with Gasteiger partial charge in [-0.05, 0) is 54.1 Å². The van der Waals surface area contributed by atoms with E-state index in [0.717, 1.165) is 0 Å². The topological polar surface area (TPSA) is 96.2 Å². The third-order valence-corrected chi connectivity index (χ3v) is 5.60. The fourth-order valence-corrected chi connectivity index (χ4v) is 3.85. The summed E-state index contributed by atoms with van der Waals surface area (Å²) in [7, 11) is 5.92. The van der Waals surface area contributed by atoms with Crippen LogP contribution in [0, 0.1) is 0 Å². The fourth-order valence-electron chi connectivity index (χ4n) is 3.68. The summed E-state index contributed by atoms with van der Waals surface area (Å²) in [5.74, 6) is 0.988. The molecule has 0 aliphatic carbocycles. The van der Waals surface area contributed by atoms with Gasteiger partial charge in [0.2, 0.25) is 17.1 Å². The van der Waals surface area contributed by atoms with Crippen molar-refractivity contribution in [1.82, 2.24) is 0 Å². The van der Waals surface area contributed by atoms with Crippen molar-refractivity contribution in [3.05, 3.63) is 75.4 Å². The van der Waals surface area contributed by atoms with Crippen LogP contribution in [0.2, 0.25) is 5.02 Å². The highest BCUT2D eigenvalue weighted by molar-refractivity contribution is 6.31. The van der Waals surface area contributed by atoms with E-state index in [9.17, 15) is 9.59 Å². The first kappa shape index (κ1) is 24.0. The number of carbonyl (C=O) groups excluding carboxylic acids is 1. The van der Waals surface area contributed by atoms with E-state index in [1.807, 2.05) is 0 Å². The number of fused-ring (bicyclic) bond motifs is 1. The summed E-state index contributed by atoms with van der Waals surface area (Å²) in [6.07, 6.45) is 0. The summed E-state index contributed by atoms with van der Waals surface area (Å²) in [5, 5.41) is 3.34. The van der Waals surface area contributed by atoms with Crippen LogP contribution in [-0.4, -0.2) is 34.3 Å². The highest BCUT2D eigenvalue weighted by atomic mass is 35.5. The number of carbonyl (C=O) groups is 1. The summed E-state index contributed by atoms with van der Waals surface area (Å²) in [6.45, 7) is 0. The molecule has 0 fully saturated rings. The summed E-state index contributed by atoms with van der Waals surface area (Å²) in [4.78, 5) is 26.8. The van der Waals surface area contributed by atoms with Crippen LogP contribution < -0.4 is 29.7 Å². The molecule has 4 rings (SSSR count). The monoisotopic (exact) mass is 495 g/mol. The predicted molar refractivity (Wildman–Crippen MR) is 134 cm³/mol. The van der Waals surface area contributed by atoms with E-state index < -0.39 is 11.3 Å². The van der Waals surface area contributed by atoms with Gasteiger partial charge in [0.15, 0.2) is 11.5 Å². The standard InChI is InChI=1S/C26H22ClNO7/c1-31-17-7-5-6-14(10-17)25(30)28-26-22(23(29)18-13-16(27)8-9-19(18)35-26)15-11-20(32-2)24(34-4)21(12-15)33-3/h5-13H,1-4H3,(H,28,30). The highest BCUT2D eigenvalue weighted by Gasteiger charge is 2.23. The normalized spacial score (nSPS) is 10.7. The molecule has 1 amide bonds. The third kappa shape index (κ3) is 4.61. The molecule has 0 aliphatic heterocycles. The van der Waals surface area contributed by atoms with Crippen LogP contribution in [0.1, 0.15) is 10.4 Å². The number of ether oxygens (including phenoxy) is 4. The van der Waals surface area contributed by atoms with Gasteiger partial charge in [0, 0.05) is 10.6 Å². The zero-order valence-electron chi connectivity index (χ0n) is 19.4. The predicted octanol–water partition coefficient (Wildman–Crippen LogP) is 5.40. The zero-order valence-corrected chi connectivity index (χ0v) is 20.2. The van der Waals surface area contributed by atoms with Crippen molar-refractivity contribution in [2.75, 3.05) is 33.8 Å². The van der Waals surface area contributed by atoms with Crippen molar-refractivity contribution in [2.45, 2.75) is 0 Å². The maximum atomic E-state index is 13.7. The number of hydrogen-bond donors (Lipinski definition) is 1. The minimum Gasteiger partial charge on any atom is -0.497 e. The summed E-state index contributed by atoms with van der Waals surface area (Å²) in [5.41, 5.74) is 0.658. The van der Waals surface area contributed by atoms with Crippen molar-refractivity contribution in [3.63, 3.8) is 0 Å². The Morgan fingerprint density at radius 3 is 2.23 bits per heavy atom. The second-order valence-electron chi connectivity index (χ2n) is 7.38. The van der Waals surface area contributed by atoms with Crippen LogP contribution in [0.15, 0.2) is 63.8 Å². The van der Waals surface area contributed by atoms with Gasteiger partial charge >= 0.3 is 0 Å². The molecule has 1 heterocycles. The molecule has 0 saturated carbocycles. The van der Waals surface area contributed by atoms with E-state index in [1.54, 1.807) is 48.5 Å². The molecule has 0 bridgehead atoms. The quantitative estimate of drug-likeness (QED) is 0.366. The lowest BCUT2D eigenvalue weighted by molar-refractivity contribution is 0.102. The first-order valence-electron chi connectivity index (χ1n) is 10.4. The van der Waals surface area contributed by atoms with Crippen molar-refractivity contribution in [3.8, 4) is 34.1 Å². The molecule has 0 saturated heterocycles. The van der Waals surface area contributed by atoms with Gasteiger partial charge in [0.25, 0.3) is 5.91 Å². The molecule has 4 aromatic rings. The Kier molecular flexibility index (Phi) is 6.84. The number of nitrogens with one attached hydrogen (secondary N) is 1. The van der Waals surface area contributed by atoms with Gasteiger partial charge in [-0.15, -0.1) is 0 Å². The average Bonchev–Trinajstić information content (AvgIpc) is 2.88. The summed E-state index contributed by atoms with van der Waals surface area (Å²) < 4.78 is 27.5. The first-order valence-corrected chi connectivity index (χ1v) is 10.8. The van der Waals surface area contributed by atoms with Crippen molar-refractivity contribution < 1.29 is 28.2 Å². The Morgan fingerprint density at radius 2 is 1.60 bits per heavy atom. The first-order chi connectivity index (χ1) is 16.9. The minimum atomic E-state index is -0.492. The van der Waals surface area contributed by atoms with E-state index in [2.05, 4.69) is 5.32 Å². The van der Waals surface area contributed by atoms with E-state index in [4.69, 9.17) is 35.0 Å². The van der Waals surface area contributed by atoms with Crippen LogP contribution >= 0.6 is 11.6 Å². The van der Waals surface area contributed by atoms with E-state index in [0.29, 0.717) is 39.1 Å². The lowest BCUT2D eigenvalue weighted by atomic mass is 10.0. The van der Waals surface area contributed by atoms with Gasteiger partial charge in [-0.25, -0.2) is 0 Å². The number of halogens is 1. The molecular weight excluding hydrogens is 474 g/mol. The Balaban J connectivity index is 1.95. The molecule has 8 nitrogen and oxygen atoms in total. The van der Waals surface area contributed by atoms with Crippen LogP contribution in [0.3, 0.4) is 0 Å². The molecular formula is C26H22ClNO7. The van der Waals surface area contributed by atoms with Crippen LogP contribution in [-0.2, 0) is 0 Å². The smallest absolute Gasteiger partial charge is 0.258 e. The number of benzene rings is 3. The highest BCUT2D eigenvalue weighted by Crippen LogP contribution is 2.42. The molecule has 1 N–H and O–H groups in total. The molecule has 180 valence electrons. The van der Waals surface area contributed by atoms with E-state index >= 15 is 0 Å². The molecule has 35 heavy (non-hydrogen) atoms. The molecule has 0 aliphatic rings. The van der Waals surface area contributed by atoms with Crippen LogP contribution in [0.4, 0.5) is 5.88 Å². The molecule has 3 aromatic carbocycles. The van der Waals surface area contributed by atoms with Gasteiger partial charge in [-0.2, -0.15) is 0 Å². The molecule has 0 unspecified atom stereocenters. The largest absolute Gasteiger partial charge is 0.497 e. The zero-order chi connectivity index (χ0) is 25.1. The second kappa shape index (κ2) is 9.99. The Labute approximate surface area is 205 Å². The Morgan fingerprint density at radius 1 is 0.886 bits per heavy atom. The minimum absolute atomic E-state index is 0.0492. The lowest BCUT2D eigenvalue weighted by Gasteiger charge is -2.16. The number of methoxy groups -OCH3 is 4. The van der Waals surface area contributed by atoms with Crippen LogP contribution in [0.25, 0.3) is 22.1 Å².